The minimum Gasteiger partial charge on any atom is -0.369 e. The quantitative estimate of drug-likeness (QED) is 0.403. The van der Waals surface area contributed by atoms with E-state index in [0.29, 0.717) is 11.6 Å². The van der Waals surface area contributed by atoms with Crippen LogP contribution in [0.1, 0.15) is 37.3 Å². The van der Waals surface area contributed by atoms with Crippen molar-refractivity contribution in [2.75, 3.05) is 10.6 Å². The first-order chi connectivity index (χ1) is 15.5. The SMILES string of the molecule is CC(C)c1ccc(N/C(N)=N/C2=NC(CC(=O)Nc3cccc(C(F)(F)F)c3)C(=O)N2)cc1. The number of rotatable bonds is 5. The highest BCUT2D eigenvalue weighted by Crippen LogP contribution is 2.30. The fraction of sp³-hybridized carbons (Fsp3) is 0.273. The molecule has 2 aromatic rings. The lowest BCUT2D eigenvalue weighted by atomic mass is 10.0. The molecule has 0 radical (unpaired) electrons. The first-order valence-electron chi connectivity index (χ1n) is 10.1. The van der Waals surface area contributed by atoms with Gasteiger partial charge in [-0.1, -0.05) is 32.0 Å². The highest BCUT2D eigenvalue weighted by molar-refractivity contribution is 6.11. The van der Waals surface area contributed by atoms with Gasteiger partial charge in [0.05, 0.1) is 12.0 Å². The number of amides is 2. The van der Waals surface area contributed by atoms with Crippen molar-refractivity contribution in [3.8, 4) is 0 Å². The lowest BCUT2D eigenvalue weighted by molar-refractivity contribution is -0.137. The van der Waals surface area contributed by atoms with Gasteiger partial charge < -0.3 is 16.4 Å². The number of aliphatic imine (C=N–C) groups is 2. The number of halogens is 3. The number of carbonyl (C=O) groups is 2. The minimum absolute atomic E-state index is 0.0135. The van der Waals surface area contributed by atoms with Gasteiger partial charge in [-0.3, -0.25) is 14.9 Å². The van der Waals surface area contributed by atoms with E-state index in [2.05, 4.69) is 39.8 Å². The number of alkyl halides is 3. The third kappa shape index (κ3) is 6.55. The van der Waals surface area contributed by atoms with Gasteiger partial charge in [0.25, 0.3) is 5.91 Å². The Kier molecular flexibility index (Phi) is 7.00. The maximum atomic E-state index is 12.8. The van der Waals surface area contributed by atoms with Crippen LogP contribution in [-0.4, -0.2) is 29.8 Å². The number of nitrogens with one attached hydrogen (secondary N) is 3. The van der Waals surface area contributed by atoms with Gasteiger partial charge in [0, 0.05) is 11.4 Å². The van der Waals surface area contributed by atoms with Gasteiger partial charge in [0.1, 0.15) is 6.04 Å². The van der Waals surface area contributed by atoms with Gasteiger partial charge in [-0.2, -0.15) is 18.2 Å². The molecule has 1 unspecified atom stereocenters. The maximum Gasteiger partial charge on any atom is 0.416 e. The number of nitrogens with two attached hydrogens (primary N) is 1. The first kappa shape index (κ1) is 23.8. The van der Waals surface area contributed by atoms with E-state index >= 15 is 0 Å². The summed E-state index contributed by atoms with van der Waals surface area (Å²) in [5.74, 6) is -0.932. The summed E-state index contributed by atoms with van der Waals surface area (Å²) in [5.41, 5.74) is 6.79. The Morgan fingerprint density at radius 2 is 1.85 bits per heavy atom. The molecule has 0 aromatic heterocycles. The van der Waals surface area contributed by atoms with Crippen LogP contribution in [-0.2, 0) is 15.8 Å². The molecule has 174 valence electrons. The number of benzene rings is 2. The minimum atomic E-state index is -4.53. The highest BCUT2D eigenvalue weighted by Gasteiger charge is 2.31. The molecule has 11 heteroatoms. The number of hydrogen-bond donors (Lipinski definition) is 4. The van der Waals surface area contributed by atoms with Crippen molar-refractivity contribution in [3.63, 3.8) is 0 Å². The number of hydrogen-bond acceptors (Lipinski definition) is 4. The Bertz CT molecular complexity index is 1090. The molecule has 3 rings (SSSR count). The van der Waals surface area contributed by atoms with Crippen LogP contribution < -0.4 is 21.7 Å². The van der Waals surface area contributed by atoms with E-state index < -0.39 is 29.6 Å². The maximum absolute atomic E-state index is 12.8. The fourth-order valence-electron chi connectivity index (χ4n) is 3.03. The summed E-state index contributed by atoms with van der Waals surface area (Å²) >= 11 is 0. The molecule has 1 heterocycles. The smallest absolute Gasteiger partial charge is 0.369 e. The fourth-order valence-corrected chi connectivity index (χ4v) is 3.03. The molecule has 0 aliphatic carbocycles. The average molecular weight is 460 g/mol. The third-order valence-electron chi connectivity index (χ3n) is 4.74. The Morgan fingerprint density at radius 1 is 1.15 bits per heavy atom. The Labute approximate surface area is 188 Å². The van der Waals surface area contributed by atoms with E-state index in [-0.39, 0.29) is 24.0 Å². The molecule has 1 atom stereocenters. The highest BCUT2D eigenvalue weighted by atomic mass is 19.4. The van der Waals surface area contributed by atoms with Crippen LogP contribution >= 0.6 is 0 Å². The molecule has 33 heavy (non-hydrogen) atoms. The Hall–Kier alpha value is -3.89. The number of anilines is 2. The number of nitrogens with zero attached hydrogens (tertiary/aromatic N) is 2. The third-order valence-corrected chi connectivity index (χ3v) is 4.74. The molecule has 0 saturated heterocycles. The summed E-state index contributed by atoms with van der Waals surface area (Å²) in [7, 11) is 0. The Balaban J connectivity index is 1.60. The van der Waals surface area contributed by atoms with Crippen molar-refractivity contribution in [2.45, 2.75) is 38.4 Å². The van der Waals surface area contributed by atoms with E-state index in [1.165, 1.54) is 12.1 Å². The molecular weight excluding hydrogens is 437 g/mol. The van der Waals surface area contributed by atoms with Gasteiger partial charge in [0.15, 0.2) is 0 Å². The van der Waals surface area contributed by atoms with Crippen molar-refractivity contribution in [1.82, 2.24) is 5.32 Å². The molecule has 8 nitrogen and oxygen atoms in total. The summed E-state index contributed by atoms with van der Waals surface area (Å²) in [6, 6.07) is 10.7. The van der Waals surface area contributed by atoms with Crippen molar-refractivity contribution >= 4 is 35.1 Å². The topological polar surface area (TPSA) is 121 Å². The standard InChI is InChI=1S/C22H23F3N6O2/c1-12(2)13-6-8-15(9-7-13)28-20(26)31-21-29-17(19(33)30-21)11-18(32)27-16-5-3-4-14(10-16)22(23,24)25/h3-10,12,17H,11H2,1-2H3,(H,27,32)(H4,26,28,29,30,31,33). The second kappa shape index (κ2) is 9.72. The van der Waals surface area contributed by atoms with Crippen LogP contribution in [0, 0.1) is 0 Å². The van der Waals surface area contributed by atoms with E-state index in [1.54, 1.807) is 0 Å². The van der Waals surface area contributed by atoms with Crippen LogP contribution in [0.15, 0.2) is 58.5 Å². The molecule has 1 aliphatic rings. The molecular formula is C22H23F3N6O2. The van der Waals surface area contributed by atoms with Crippen LogP contribution in [0.2, 0.25) is 0 Å². The average Bonchev–Trinajstić information content (AvgIpc) is 3.06. The molecule has 1 aliphatic heterocycles. The number of carbonyl (C=O) groups excluding carboxylic acids is 2. The van der Waals surface area contributed by atoms with Gasteiger partial charge >= 0.3 is 6.18 Å². The van der Waals surface area contributed by atoms with E-state index in [0.717, 1.165) is 17.7 Å². The summed E-state index contributed by atoms with van der Waals surface area (Å²) in [6.07, 6.45) is -4.90. The van der Waals surface area contributed by atoms with Gasteiger partial charge in [0.2, 0.25) is 17.8 Å². The van der Waals surface area contributed by atoms with E-state index in [9.17, 15) is 22.8 Å². The lowest BCUT2D eigenvalue weighted by Crippen LogP contribution is -2.32. The monoisotopic (exact) mass is 460 g/mol. The van der Waals surface area contributed by atoms with Crippen molar-refractivity contribution < 1.29 is 22.8 Å². The van der Waals surface area contributed by atoms with Gasteiger partial charge in [-0.05, 0) is 41.8 Å². The van der Waals surface area contributed by atoms with Crippen molar-refractivity contribution in [3.05, 3.63) is 59.7 Å². The molecule has 0 bridgehead atoms. The van der Waals surface area contributed by atoms with E-state index in [4.69, 9.17) is 5.73 Å². The second-order valence-corrected chi connectivity index (χ2v) is 7.69. The molecule has 2 amide bonds. The van der Waals surface area contributed by atoms with Crippen LogP contribution in [0.3, 0.4) is 0 Å². The predicted octanol–water partition coefficient (Wildman–Crippen LogP) is 3.44. The molecule has 5 N–H and O–H groups in total. The summed E-state index contributed by atoms with van der Waals surface area (Å²) < 4.78 is 38.4. The van der Waals surface area contributed by atoms with Crippen molar-refractivity contribution in [1.29, 1.82) is 0 Å². The molecule has 0 fully saturated rings. The van der Waals surface area contributed by atoms with Crippen LogP contribution in [0.4, 0.5) is 24.5 Å². The first-order valence-corrected chi connectivity index (χ1v) is 10.1. The number of guanidine groups is 2. The molecule has 2 aromatic carbocycles. The second-order valence-electron chi connectivity index (χ2n) is 7.69. The summed E-state index contributed by atoms with van der Waals surface area (Å²) in [5, 5.41) is 7.64. The molecule has 0 spiro atoms. The van der Waals surface area contributed by atoms with Crippen LogP contribution in [0.5, 0.6) is 0 Å². The normalized spacial score (nSPS) is 16.4. The largest absolute Gasteiger partial charge is 0.416 e. The summed E-state index contributed by atoms with van der Waals surface area (Å²) in [6.45, 7) is 4.16. The lowest BCUT2D eigenvalue weighted by Gasteiger charge is -2.10. The van der Waals surface area contributed by atoms with Gasteiger partial charge in [-0.25, -0.2) is 4.99 Å². The van der Waals surface area contributed by atoms with E-state index in [1.807, 2.05) is 24.3 Å². The zero-order valence-corrected chi connectivity index (χ0v) is 17.9. The molecule has 0 saturated carbocycles. The summed E-state index contributed by atoms with van der Waals surface area (Å²) in [4.78, 5) is 32.4. The van der Waals surface area contributed by atoms with Crippen LogP contribution in [0.25, 0.3) is 0 Å². The Morgan fingerprint density at radius 3 is 2.48 bits per heavy atom. The predicted molar refractivity (Wildman–Crippen MR) is 120 cm³/mol. The van der Waals surface area contributed by atoms with Crippen molar-refractivity contribution in [2.24, 2.45) is 15.7 Å². The van der Waals surface area contributed by atoms with Gasteiger partial charge in [-0.15, -0.1) is 0 Å². The zero-order chi connectivity index (χ0) is 24.2. The zero-order valence-electron chi connectivity index (χ0n) is 17.9.